The molecule has 2 heterocycles. The van der Waals surface area contributed by atoms with Crippen LogP contribution in [0.3, 0.4) is 0 Å². The van der Waals surface area contributed by atoms with Gasteiger partial charge in [0.15, 0.2) is 5.11 Å². The maximum Gasteiger partial charge on any atom is 0.175 e. The topological polar surface area (TPSA) is 62.0 Å². The Labute approximate surface area is 144 Å². The number of hydrogen-bond donors (Lipinski definition) is 3. The van der Waals surface area contributed by atoms with Crippen molar-refractivity contribution in [3.8, 4) is 0 Å². The van der Waals surface area contributed by atoms with Crippen LogP contribution in [-0.4, -0.2) is 22.2 Å². The lowest BCUT2D eigenvalue weighted by Crippen LogP contribution is -2.20. The number of hydrogen-bond acceptors (Lipinski definition) is 4. The van der Waals surface area contributed by atoms with Gasteiger partial charge in [-0.1, -0.05) is 0 Å². The van der Waals surface area contributed by atoms with E-state index in [1.807, 2.05) is 25.1 Å². The number of aromatic amines is 1. The highest BCUT2D eigenvalue weighted by Gasteiger charge is 2.15. The fraction of sp³-hybridized carbons (Fsp3) is 0.250. The molecule has 0 saturated carbocycles. The average Bonchev–Trinajstić information content (AvgIpc) is 3.13. The van der Waals surface area contributed by atoms with Crippen molar-refractivity contribution in [1.29, 1.82) is 0 Å². The normalized spacial score (nSPS) is 12.3. The van der Waals surface area contributed by atoms with Crippen molar-refractivity contribution < 1.29 is 4.74 Å². The summed E-state index contributed by atoms with van der Waals surface area (Å²) in [5, 5.41) is 9.15. The Hall–Kier alpha value is -1.96. The van der Waals surface area contributed by atoms with E-state index in [4.69, 9.17) is 17.0 Å². The molecule has 0 aliphatic rings. The van der Waals surface area contributed by atoms with Gasteiger partial charge < -0.3 is 20.4 Å². The van der Waals surface area contributed by atoms with E-state index in [-0.39, 0.29) is 6.10 Å². The Morgan fingerprint density at radius 1 is 1.39 bits per heavy atom. The monoisotopic (exact) mass is 346 g/mol. The number of anilines is 2. The summed E-state index contributed by atoms with van der Waals surface area (Å²) in [5.41, 5.74) is 4.98. The van der Waals surface area contributed by atoms with Crippen molar-refractivity contribution in [3.63, 3.8) is 0 Å². The van der Waals surface area contributed by atoms with E-state index in [1.165, 1.54) is 0 Å². The summed E-state index contributed by atoms with van der Waals surface area (Å²) in [5.74, 6) is 0. The summed E-state index contributed by atoms with van der Waals surface area (Å²) in [4.78, 5) is 8.43. The summed E-state index contributed by atoms with van der Waals surface area (Å²) >= 11 is 7.12. The van der Waals surface area contributed by atoms with Gasteiger partial charge in [0.1, 0.15) is 0 Å². The third kappa shape index (κ3) is 3.36. The van der Waals surface area contributed by atoms with Gasteiger partial charge in [-0.3, -0.25) is 0 Å². The van der Waals surface area contributed by atoms with Crippen molar-refractivity contribution in [2.75, 3.05) is 17.7 Å². The number of H-pyrrole nitrogens is 1. The number of ether oxygens (including phenoxy) is 1. The van der Waals surface area contributed by atoms with Gasteiger partial charge in [0.2, 0.25) is 0 Å². The number of imidazole rings is 1. The number of nitrogens with zero attached hydrogens (tertiary/aromatic N) is 1. The van der Waals surface area contributed by atoms with Crippen LogP contribution in [-0.2, 0) is 4.74 Å². The van der Waals surface area contributed by atoms with Crippen LogP contribution >= 0.6 is 23.6 Å². The number of thiocarbonyl (C=S) groups is 1. The first kappa shape index (κ1) is 15.9. The largest absolute Gasteiger partial charge is 0.376 e. The molecule has 0 spiro atoms. The van der Waals surface area contributed by atoms with Gasteiger partial charge >= 0.3 is 0 Å². The molecule has 7 heteroatoms. The fourth-order valence-corrected chi connectivity index (χ4v) is 3.58. The van der Waals surface area contributed by atoms with Crippen LogP contribution in [0.1, 0.15) is 23.5 Å². The molecule has 0 fully saturated rings. The van der Waals surface area contributed by atoms with Crippen LogP contribution in [0, 0.1) is 6.92 Å². The highest BCUT2D eigenvalue weighted by molar-refractivity contribution is 7.80. The molecule has 2 aromatic heterocycles. The minimum atomic E-state index is 0.0281. The van der Waals surface area contributed by atoms with E-state index >= 15 is 0 Å². The van der Waals surface area contributed by atoms with Gasteiger partial charge in [0.25, 0.3) is 0 Å². The predicted octanol–water partition coefficient (Wildman–Crippen LogP) is 4.45. The number of thiophene rings is 1. The van der Waals surface area contributed by atoms with Crippen molar-refractivity contribution in [2.24, 2.45) is 0 Å². The first-order valence-electron chi connectivity index (χ1n) is 7.20. The van der Waals surface area contributed by atoms with E-state index in [1.54, 1.807) is 24.8 Å². The van der Waals surface area contributed by atoms with Gasteiger partial charge in [0, 0.05) is 12.8 Å². The molecule has 1 aromatic carbocycles. The average molecular weight is 346 g/mol. The zero-order chi connectivity index (χ0) is 16.4. The molecule has 23 heavy (non-hydrogen) atoms. The number of benzene rings is 1. The Bertz CT molecular complexity index is 840. The standard InChI is InChI=1S/C16H18N4OS2/c1-9-7-23-15(10(2)21-3)14(9)20-16(22)19-11-4-5-12-13(6-11)18-8-17-12/h4-8,10H,1-3H3,(H,17,18)(H2,19,20,22). The van der Waals surface area contributed by atoms with E-state index in [2.05, 4.69) is 32.9 Å². The number of aromatic nitrogens is 2. The lowest BCUT2D eigenvalue weighted by atomic mass is 10.2. The number of fused-ring (bicyclic) bond motifs is 1. The molecule has 0 amide bonds. The number of aryl methyl sites for hydroxylation is 1. The van der Waals surface area contributed by atoms with E-state index in [9.17, 15) is 0 Å². The third-order valence-electron chi connectivity index (χ3n) is 3.64. The molecule has 1 unspecified atom stereocenters. The van der Waals surface area contributed by atoms with Gasteiger partial charge in [-0.05, 0) is 55.2 Å². The molecule has 0 aliphatic carbocycles. The first-order valence-corrected chi connectivity index (χ1v) is 8.49. The molecule has 0 bridgehead atoms. The molecule has 120 valence electrons. The summed E-state index contributed by atoms with van der Waals surface area (Å²) < 4.78 is 5.43. The summed E-state index contributed by atoms with van der Waals surface area (Å²) in [7, 11) is 1.71. The molecule has 3 aromatic rings. The zero-order valence-corrected chi connectivity index (χ0v) is 14.8. The van der Waals surface area contributed by atoms with Crippen molar-refractivity contribution in [3.05, 3.63) is 40.3 Å². The Morgan fingerprint density at radius 3 is 3.00 bits per heavy atom. The van der Waals surface area contributed by atoms with E-state index in [0.717, 1.165) is 32.8 Å². The quantitative estimate of drug-likeness (QED) is 0.609. The van der Waals surface area contributed by atoms with Gasteiger partial charge in [-0.2, -0.15) is 0 Å². The Morgan fingerprint density at radius 2 is 2.22 bits per heavy atom. The SMILES string of the molecule is COC(C)c1scc(C)c1NC(=S)Nc1ccc2nc[nH]c2c1. The smallest absolute Gasteiger partial charge is 0.175 e. The molecule has 0 aliphatic heterocycles. The highest BCUT2D eigenvalue weighted by Crippen LogP contribution is 2.34. The minimum absolute atomic E-state index is 0.0281. The number of rotatable bonds is 4. The second-order valence-corrected chi connectivity index (χ2v) is 6.57. The third-order valence-corrected chi connectivity index (χ3v) is 5.11. The van der Waals surface area contributed by atoms with Gasteiger partial charge in [0.05, 0.1) is 34.0 Å². The van der Waals surface area contributed by atoms with Crippen LogP contribution in [0.25, 0.3) is 11.0 Å². The Kier molecular flexibility index (Phi) is 4.61. The van der Waals surface area contributed by atoms with Crippen LogP contribution in [0.2, 0.25) is 0 Å². The molecule has 0 radical (unpaired) electrons. The number of methoxy groups -OCH3 is 1. The van der Waals surface area contributed by atoms with Gasteiger partial charge in [-0.25, -0.2) is 4.98 Å². The van der Waals surface area contributed by atoms with Gasteiger partial charge in [-0.15, -0.1) is 11.3 Å². The molecule has 3 N–H and O–H groups in total. The molecular formula is C16H18N4OS2. The summed E-state index contributed by atoms with van der Waals surface area (Å²) in [6, 6.07) is 5.89. The number of nitrogens with one attached hydrogen (secondary N) is 3. The molecule has 0 saturated heterocycles. The van der Waals surface area contributed by atoms with Crippen LogP contribution in [0.4, 0.5) is 11.4 Å². The maximum atomic E-state index is 5.44. The van der Waals surface area contributed by atoms with Crippen LogP contribution in [0.15, 0.2) is 29.9 Å². The Balaban J connectivity index is 1.75. The highest BCUT2D eigenvalue weighted by atomic mass is 32.1. The first-order chi connectivity index (χ1) is 11.1. The van der Waals surface area contributed by atoms with E-state index < -0.39 is 0 Å². The predicted molar refractivity (Wildman–Crippen MR) is 100 cm³/mol. The maximum absolute atomic E-state index is 5.44. The fourth-order valence-electron chi connectivity index (χ4n) is 2.32. The lowest BCUT2D eigenvalue weighted by Gasteiger charge is -2.15. The minimum Gasteiger partial charge on any atom is -0.376 e. The molecule has 5 nitrogen and oxygen atoms in total. The summed E-state index contributed by atoms with van der Waals surface area (Å²) in [6.07, 6.45) is 1.71. The van der Waals surface area contributed by atoms with Crippen molar-refractivity contribution in [1.82, 2.24) is 9.97 Å². The molecular weight excluding hydrogens is 328 g/mol. The summed E-state index contributed by atoms with van der Waals surface area (Å²) in [6.45, 7) is 4.09. The van der Waals surface area contributed by atoms with Crippen LogP contribution < -0.4 is 10.6 Å². The van der Waals surface area contributed by atoms with E-state index in [0.29, 0.717) is 5.11 Å². The molecule has 3 rings (SSSR count). The second-order valence-electron chi connectivity index (χ2n) is 5.25. The molecule has 1 atom stereocenters. The van der Waals surface area contributed by atoms with Crippen molar-refractivity contribution >= 4 is 51.1 Å². The zero-order valence-electron chi connectivity index (χ0n) is 13.1. The van der Waals surface area contributed by atoms with Crippen molar-refractivity contribution in [2.45, 2.75) is 20.0 Å². The lowest BCUT2D eigenvalue weighted by molar-refractivity contribution is 0.123. The second kappa shape index (κ2) is 6.66. The van der Waals surface area contributed by atoms with Crippen LogP contribution in [0.5, 0.6) is 0 Å².